The van der Waals surface area contributed by atoms with Crippen LogP contribution in [0.15, 0.2) is 48.5 Å². The molecule has 0 aliphatic rings. The van der Waals surface area contributed by atoms with Gasteiger partial charge in [0.25, 0.3) is 0 Å². The van der Waals surface area contributed by atoms with Crippen LogP contribution in [-0.4, -0.2) is 14.2 Å². The van der Waals surface area contributed by atoms with Crippen molar-refractivity contribution in [3.63, 3.8) is 0 Å². The lowest BCUT2D eigenvalue weighted by Crippen LogP contribution is -2.14. The normalized spacial score (nSPS) is 11.4. The lowest BCUT2D eigenvalue weighted by atomic mass is 10.2. The number of rotatable bonds is 7. The van der Waals surface area contributed by atoms with E-state index in [2.05, 4.69) is 5.32 Å². The summed E-state index contributed by atoms with van der Waals surface area (Å²) in [6.45, 7) is 2.68. The lowest BCUT2D eigenvalue weighted by Gasteiger charge is -2.08. The molecular formula is C16H18FNO3S. The van der Waals surface area contributed by atoms with E-state index in [0.717, 1.165) is 11.1 Å². The molecule has 2 aromatic rings. The van der Waals surface area contributed by atoms with Crippen LogP contribution in [-0.2, 0) is 23.2 Å². The second-order valence-electron chi connectivity index (χ2n) is 4.81. The smallest absolute Gasteiger partial charge is 0.308 e. The molecule has 0 aliphatic carbocycles. The third kappa shape index (κ3) is 5.13. The van der Waals surface area contributed by atoms with E-state index < -0.39 is 10.1 Å². The van der Waals surface area contributed by atoms with Gasteiger partial charge in [0, 0.05) is 13.1 Å². The first-order valence-corrected chi connectivity index (χ1v) is 8.52. The number of nitrogens with one attached hydrogen (secondary N) is 1. The average Bonchev–Trinajstić information content (AvgIpc) is 2.49. The summed E-state index contributed by atoms with van der Waals surface area (Å²) in [6.07, 6.45) is 0. The van der Waals surface area contributed by atoms with Crippen molar-refractivity contribution < 1.29 is 17.0 Å². The van der Waals surface area contributed by atoms with Crippen LogP contribution >= 0.6 is 0 Å². The molecule has 0 saturated heterocycles. The van der Waals surface area contributed by atoms with Crippen LogP contribution in [0.2, 0.25) is 0 Å². The van der Waals surface area contributed by atoms with Crippen molar-refractivity contribution in [3.8, 4) is 5.75 Å². The van der Waals surface area contributed by atoms with E-state index in [1.807, 2.05) is 6.07 Å². The highest BCUT2D eigenvalue weighted by Crippen LogP contribution is 2.15. The van der Waals surface area contributed by atoms with E-state index in [4.69, 9.17) is 4.18 Å². The van der Waals surface area contributed by atoms with Gasteiger partial charge in [0.05, 0.1) is 5.75 Å². The molecule has 1 N–H and O–H groups in total. The summed E-state index contributed by atoms with van der Waals surface area (Å²) in [4.78, 5) is 0. The van der Waals surface area contributed by atoms with E-state index in [1.165, 1.54) is 19.1 Å². The van der Waals surface area contributed by atoms with Crippen molar-refractivity contribution in [2.75, 3.05) is 5.75 Å². The van der Waals surface area contributed by atoms with E-state index >= 15 is 0 Å². The zero-order valence-corrected chi connectivity index (χ0v) is 13.1. The van der Waals surface area contributed by atoms with Gasteiger partial charge in [-0.25, -0.2) is 4.39 Å². The molecule has 0 bridgehead atoms. The molecule has 22 heavy (non-hydrogen) atoms. The molecular weight excluding hydrogens is 305 g/mol. The number of benzene rings is 2. The first-order valence-electron chi connectivity index (χ1n) is 6.95. The molecule has 0 aromatic heterocycles. The van der Waals surface area contributed by atoms with Crippen LogP contribution in [0.25, 0.3) is 0 Å². The Morgan fingerprint density at radius 1 is 1.05 bits per heavy atom. The molecule has 2 rings (SSSR count). The summed E-state index contributed by atoms with van der Waals surface area (Å²) in [6, 6.07) is 13.2. The Hall–Kier alpha value is -1.92. The average molecular weight is 323 g/mol. The molecule has 0 unspecified atom stereocenters. The van der Waals surface area contributed by atoms with Crippen LogP contribution in [0, 0.1) is 5.82 Å². The highest BCUT2D eigenvalue weighted by Gasteiger charge is 2.09. The van der Waals surface area contributed by atoms with Crippen LogP contribution < -0.4 is 9.50 Å². The molecule has 0 heterocycles. The minimum Gasteiger partial charge on any atom is -0.382 e. The van der Waals surface area contributed by atoms with Crippen LogP contribution in [0.3, 0.4) is 0 Å². The summed E-state index contributed by atoms with van der Waals surface area (Å²) in [5, 5.41) is 3.21. The lowest BCUT2D eigenvalue weighted by molar-refractivity contribution is 0.487. The largest absolute Gasteiger partial charge is 0.382 e. The zero-order valence-electron chi connectivity index (χ0n) is 12.3. The SMILES string of the molecule is CCS(=O)(=O)Oc1cccc(CNCc2ccc(F)cc2)c1. The highest BCUT2D eigenvalue weighted by atomic mass is 32.2. The van der Waals surface area contributed by atoms with Gasteiger partial charge >= 0.3 is 10.1 Å². The molecule has 2 aromatic carbocycles. The maximum Gasteiger partial charge on any atom is 0.308 e. The molecule has 118 valence electrons. The van der Waals surface area contributed by atoms with Gasteiger partial charge in [0.2, 0.25) is 0 Å². The highest BCUT2D eigenvalue weighted by molar-refractivity contribution is 7.87. The number of hydrogen-bond donors (Lipinski definition) is 1. The van der Waals surface area contributed by atoms with Gasteiger partial charge in [-0.05, 0) is 42.3 Å². The van der Waals surface area contributed by atoms with Crippen molar-refractivity contribution in [2.24, 2.45) is 0 Å². The minimum absolute atomic E-state index is 0.0694. The Morgan fingerprint density at radius 3 is 2.41 bits per heavy atom. The molecule has 6 heteroatoms. The van der Waals surface area contributed by atoms with Crippen LogP contribution in [0.5, 0.6) is 5.75 Å². The Kier molecular flexibility index (Phi) is 5.51. The van der Waals surface area contributed by atoms with Gasteiger partial charge in [0.15, 0.2) is 0 Å². The molecule has 0 amide bonds. The molecule has 0 aliphatic heterocycles. The Bertz CT molecular complexity index is 714. The van der Waals surface area contributed by atoms with Gasteiger partial charge in [-0.1, -0.05) is 24.3 Å². The maximum absolute atomic E-state index is 12.8. The molecule has 0 saturated carbocycles. The van der Waals surface area contributed by atoms with E-state index in [0.29, 0.717) is 18.8 Å². The molecule has 4 nitrogen and oxygen atoms in total. The van der Waals surface area contributed by atoms with Gasteiger partial charge in [-0.15, -0.1) is 0 Å². The van der Waals surface area contributed by atoms with Gasteiger partial charge in [-0.3, -0.25) is 0 Å². The summed E-state index contributed by atoms with van der Waals surface area (Å²) in [5.41, 5.74) is 1.88. The fourth-order valence-corrected chi connectivity index (χ4v) is 2.38. The molecule has 0 spiro atoms. The van der Waals surface area contributed by atoms with E-state index in [1.54, 1.807) is 30.3 Å². The second-order valence-corrected chi connectivity index (χ2v) is 6.67. The molecule has 0 radical (unpaired) electrons. The zero-order chi connectivity index (χ0) is 16.0. The van der Waals surface area contributed by atoms with Crippen LogP contribution in [0.4, 0.5) is 4.39 Å². The maximum atomic E-state index is 12.8. The third-order valence-electron chi connectivity index (χ3n) is 3.05. The quantitative estimate of drug-likeness (QED) is 0.796. The molecule has 0 fully saturated rings. The third-order valence-corrected chi connectivity index (χ3v) is 4.20. The van der Waals surface area contributed by atoms with Crippen LogP contribution in [0.1, 0.15) is 18.1 Å². The van der Waals surface area contributed by atoms with Gasteiger partial charge in [0.1, 0.15) is 11.6 Å². The van der Waals surface area contributed by atoms with E-state index in [-0.39, 0.29) is 11.6 Å². The van der Waals surface area contributed by atoms with Crippen molar-refractivity contribution in [2.45, 2.75) is 20.0 Å². The van der Waals surface area contributed by atoms with Crippen molar-refractivity contribution >= 4 is 10.1 Å². The second kappa shape index (κ2) is 7.38. The minimum atomic E-state index is -3.51. The first kappa shape index (κ1) is 16.5. The van der Waals surface area contributed by atoms with E-state index in [9.17, 15) is 12.8 Å². The van der Waals surface area contributed by atoms with Gasteiger partial charge in [-0.2, -0.15) is 8.42 Å². The fourth-order valence-electron chi connectivity index (χ4n) is 1.87. The monoisotopic (exact) mass is 323 g/mol. The Balaban J connectivity index is 1.92. The summed E-state index contributed by atoms with van der Waals surface area (Å²) in [5.74, 6) is -0.0197. The fraction of sp³-hybridized carbons (Fsp3) is 0.250. The first-order chi connectivity index (χ1) is 10.5. The predicted octanol–water partition coefficient (Wildman–Crippen LogP) is 2.84. The Labute approximate surface area is 130 Å². The predicted molar refractivity (Wildman–Crippen MR) is 83.5 cm³/mol. The Morgan fingerprint density at radius 2 is 1.73 bits per heavy atom. The van der Waals surface area contributed by atoms with Crippen molar-refractivity contribution in [1.82, 2.24) is 5.32 Å². The number of halogens is 1. The summed E-state index contributed by atoms with van der Waals surface area (Å²) < 4.78 is 40.6. The van der Waals surface area contributed by atoms with Gasteiger partial charge < -0.3 is 9.50 Å². The summed E-state index contributed by atoms with van der Waals surface area (Å²) in [7, 11) is -3.51. The summed E-state index contributed by atoms with van der Waals surface area (Å²) >= 11 is 0. The number of hydrogen-bond acceptors (Lipinski definition) is 4. The topological polar surface area (TPSA) is 55.4 Å². The molecule has 0 atom stereocenters. The van der Waals surface area contributed by atoms with Crippen molar-refractivity contribution in [3.05, 3.63) is 65.5 Å². The van der Waals surface area contributed by atoms with Crippen molar-refractivity contribution in [1.29, 1.82) is 0 Å². The standard InChI is InChI=1S/C16H18FNO3S/c1-2-22(19,20)21-16-5-3-4-14(10-16)12-18-11-13-6-8-15(17)9-7-13/h3-10,18H,2,11-12H2,1H3.